The summed E-state index contributed by atoms with van der Waals surface area (Å²) in [6, 6.07) is 2.47. The zero-order valence-corrected chi connectivity index (χ0v) is 12.7. The van der Waals surface area contributed by atoms with Gasteiger partial charge in [-0.05, 0) is 43.3 Å². The van der Waals surface area contributed by atoms with E-state index in [9.17, 15) is 0 Å². The lowest BCUT2D eigenvalue weighted by molar-refractivity contribution is 0.564. The zero-order valence-electron chi connectivity index (χ0n) is 11.1. The average Bonchev–Trinajstić information content (AvgIpc) is 3.02. The van der Waals surface area contributed by atoms with Gasteiger partial charge in [0, 0.05) is 0 Å². The summed E-state index contributed by atoms with van der Waals surface area (Å²) in [5.41, 5.74) is 1.37. The van der Waals surface area contributed by atoms with Crippen LogP contribution in [0, 0.1) is 0 Å². The highest BCUT2D eigenvalue weighted by Gasteiger charge is 2.14. The van der Waals surface area contributed by atoms with Gasteiger partial charge in [0.05, 0.1) is 10.9 Å². The molecule has 0 aromatic carbocycles. The van der Waals surface area contributed by atoms with E-state index in [4.69, 9.17) is 0 Å². The minimum absolute atomic E-state index is 0.293. The van der Waals surface area contributed by atoms with Gasteiger partial charge in [0.1, 0.15) is 5.01 Å². The number of aromatic nitrogens is 2. The molecule has 0 spiro atoms. The molecule has 0 fully saturated rings. The monoisotopic (exact) mass is 281 g/mol. The van der Waals surface area contributed by atoms with Gasteiger partial charge in [-0.25, -0.2) is 0 Å². The van der Waals surface area contributed by atoms with Crippen LogP contribution < -0.4 is 5.32 Å². The van der Waals surface area contributed by atoms with Crippen LogP contribution in [0.2, 0.25) is 0 Å². The van der Waals surface area contributed by atoms with Crippen molar-refractivity contribution in [2.75, 3.05) is 6.54 Å². The number of nitrogens with one attached hydrogen (secondary N) is 1. The molecule has 2 rings (SSSR count). The highest BCUT2D eigenvalue weighted by Crippen LogP contribution is 2.33. The van der Waals surface area contributed by atoms with Gasteiger partial charge in [0.15, 0.2) is 5.01 Å². The summed E-state index contributed by atoms with van der Waals surface area (Å²) < 4.78 is 0. The van der Waals surface area contributed by atoms with E-state index in [1.165, 1.54) is 10.4 Å². The minimum atomic E-state index is 0.293. The molecule has 0 aliphatic heterocycles. The molecular weight excluding hydrogens is 262 g/mol. The molecular formula is C13H19N3S2. The van der Waals surface area contributed by atoms with Crippen LogP contribution in [0.3, 0.4) is 0 Å². The van der Waals surface area contributed by atoms with Crippen LogP contribution in [0.5, 0.6) is 0 Å². The fraction of sp³-hybridized carbons (Fsp3) is 0.538. The number of rotatable bonds is 6. The normalized spacial score (nSPS) is 12.8. The molecule has 2 aromatic rings. The Labute approximate surface area is 116 Å². The van der Waals surface area contributed by atoms with E-state index < -0.39 is 0 Å². The average molecular weight is 281 g/mol. The van der Waals surface area contributed by atoms with E-state index in [-0.39, 0.29) is 0 Å². The summed E-state index contributed by atoms with van der Waals surface area (Å²) >= 11 is 3.46. The smallest absolute Gasteiger partial charge is 0.158 e. The van der Waals surface area contributed by atoms with Gasteiger partial charge in [-0.15, -0.1) is 21.5 Å². The first-order chi connectivity index (χ1) is 8.76. The Morgan fingerprint density at radius 1 is 1.33 bits per heavy atom. The first-order valence-electron chi connectivity index (χ1n) is 6.39. The highest BCUT2D eigenvalue weighted by atomic mass is 32.1. The van der Waals surface area contributed by atoms with Crippen molar-refractivity contribution in [1.82, 2.24) is 15.5 Å². The lowest BCUT2D eigenvalue weighted by atomic mass is 10.2. The Kier molecular flexibility index (Phi) is 4.86. The lowest BCUT2D eigenvalue weighted by Gasteiger charge is -2.08. The van der Waals surface area contributed by atoms with E-state index in [0.29, 0.717) is 6.04 Å². The van der Waals surface area contributed by atoms with E-state index in [1.54, 1.807) is 22.7 Å². The second kappa shape index (κ2) is 6.41. The molecule has 3 nitrogen and oxygen atoms in total. The van der Waals surface area contributed by atoms with Crippen molar-refractivity contribution < 1.29 is 0 Å². The first-order valence-corrected chi connectivity index (χ1v) is 8.09. The maximum absolute atomic E-state index is 4.34. The molecule has 1 unspecified atom stereocenters. The molecule has 0 bridgehead atoms. The topological polar surface area (TPSA) is 37.8 Å². The standard InChI is InChI=1S/C13H19N3S2/c1-4-7-14-9(3)12-15-16-13(18-12)11-10(5-2)6-8-17-11/h6,8-9,14H,4-5,7H2,1-3H3. The second-order valence-corrected chi connectivity index (χ2v) is 6.17. The predicted molar refractivity (Wildman–Crippen MR) is 79.3 cm³/mol. The summed E-state index contributed by atoms with van der Waals surface area (Å²) in [4.78, 5) is 1.28. The number of nitrogens with zero attached hydrogens (tertiary/aromatic N) is 2. The molecule has 2 aromatic heterocycles. The van der Waals surface area contributed by atoms with Crippen molar-refractivity contribution in [3.8, 4) is 9.88 Å². The number of hydrogen-bond acceptors (Lipinski definition) is 5. The van der Waals surface area contributed by atoms with Crippen LogP contribution in [0.1, 0.15) is 43.8 Å². The summed E-state index contributed by atoms with van der Waals surface area (Å²) in [6.07, 6.45) is 2.19. The van der Waals surface area contributed by atoms with Gasteiger partial charge in [-0.3, -0.25) is 0 Å². The molecule has 0 aliphatic rings. The Bertz CT molecular complexity index is 490. The third-order valence-corrected chi connectivity index (χ3v) is 5.05. The van der Waals surface area contributed by atoms with Crippen LogP contribution in [-0.4, -0.2) is 16.7 Å². The SMILES string of the molecule is CCCNC(C)c1nnc(-c2sccc2CC)s1. The van der Waals surface area contributed by atoms with Crippen molar-refractivity contribution in [2.24, 2.45) is 0 Å². The van der Waals surface area contributed by atoms with Gasteiger partial charge in [0.2, 0.25) is 0 Å². The van der Waals surface area contributed by atoms with Crippen LogP contribution in [0.15, 0.2) is 11.4 Å². The van der Waals surface area contributed by atoms with Crippen LogP contribution in [0.4, 0.5) is 0 Å². The maximum Gasteiger partial charge on any atom is 0.158 e. The van der Waals surface area contributed by atoms with Gasteiger partial charge >= 0.3 is 0 Å². The van der Waals surface area contributed by atoms with Gasteiger partial charge in [-0.2, -0.15) is 0 Å². The molecule has 0 saturated heterocycles. The van der Waals surface area contributed by atoms with Crippen LogP contribution in [-0.2, 0) is 6.42 Å². The molecule has 98 valence electrons. The number of hydrogen-bond donors (Lipinski definition) is 1. The summed E-state index contributed by atoms with van der Waals surface area (Å²) in [5.74, 6) is 0. The molecule has 5 heteroatoms. The molecule has 18 heavy (non-hydrogen) atoms. The largest absolute Gasteiger partial charge is 0.308 e. The molecule has 0 radical (unpaired) electrons. The fourth-order valence-electron chi connectivity index (χ4n) is 1.75. The van der Waals surface area contributed by atoms with Crippen molar-refractivity contribution in [3.05, 3.63) is 22.0 Å². The number of aryl methyl sites for hydroxylation is 1. The Morgan fingerprint density at radius 2 is 2.17 bits per heavy atom. The van der Waals surface area contributed by atoms with Gasteiger partial charge < -0.3 is 5.32 Å². The Hall–Kier alpha value is -0.780. The van der Waals surface area contributed by atoms with Crippen LogP contribution >= 0.6 is 22.7 Å². The maximum atomic E-state index is 4.34. The first kappa shape index (κ1) is 13.6. The van der Waals surface area contributed by atoms with E-state index >= 15 is 0 Å². The van der Waals surface area contributed by atoms with Crippen molar-refractivity contribution in [3.63, 3.8) is 0 Å². The van der Waals surface area contributed by atoms with E-state index in [1.807, 2.05) is 0 Å². The Balaban J connectivity index is 2.15. The quantitative estimate of drug-likeness (QED) is 0.873. The lowest BCUT2D eigenvalue weighted by Crippen LogP contribution is -2.18. The molecule has 1 atom stereocenters. The fourth-order valence-corrected chi connectivity index (χ4v) is 3.74. The van der Waals surface area contributed by atoms with E-state index in [2.05, 4.69) is 47.7 Å². The van der Waals surface area contributed by atoms with Crippen LogP contribution in [0.25, 0.3) is 9.88 Å². The van der Waals surface area contributed by atoms with Crippen molar-refractivity contribution >= 4 is 22.7 Å². The minimum Gasteiger partial charge on any atom is -0.308 e. The Morgan fingerprint density at radius 3 is 2.89 bits per heavy atom. The van der Waals surface area contributed by atoms with Crippen molar-refractivity contribution in [1.29, 1.82) is 0 Å². The van der Waals surface area contributed by atoms with Crippen molar-refractivity contribution in [2.45, 2.75) is 39.7 Å². The third-order valence-electron chi connectivity index (χ3n) is 2.83. The second-order valence-electron chi connectivity index (χ2n) is 4.25. The molecule has 0 saturated carbocycles. The predicted octanol–water partition coefficient (Wildman–Crippen LogP) is 3.89. The number of thiophene rings is 1. The zero-order chi connectivity index (χ0) is 13.0. The van der Waals surface area contributed by atoms with Gasteiger partial charge in [0.25, 0.3) is 0 Å². The highest BCUT2D eigenvalue weighted by molar-refractivity contribution is 7.20. The van der Waals surface area contributed by atoms with E-state index in [0.717, 1.165) is 29.4 Å². The molecule has 2 heterocycles. The summed E-state index contributed by atoms with van der Waals surface area (Å²) in [6.45, 7) is 7.52. The third kappa shape index (κ3) is 2.96. The van der Waals surface area contributed by atoms with Gasteiger partial charge in [-0.1, -0.05) is 25.2 Å². The summed E-state index contributed by atoms with van der Waals surface area (Å²) in [7, 11) is 0. The molecule has 0 aliphatic carbocycles. The summed E-state index contributed by atoms with van der Waals surface area (Å²) in [5, 5.41) is 16.4. The molecule has 0 amide bonds. The molecule has 1 N–H and O–H groups in total.